The van der Waals surface area contributed by atoms with E-state index in [9.17, 15) is 4.79 Å². The molecule has 1 aromatic carbocycles. The molecule has 0 aromatic heterocycles. The molecule has 32 heavy (non-hydrogen) atoms. The zero-order valence-electron chi connectivity index (χ0n) is 20.6. The van der Waals surface area contributed by atoms with Crippen molar-refractivity contribution in [3.05, 3.63) is 17.7 Å². The number of hydrogen-bond acceptors (Lipinski definition) is 8. The van der Waals surface area contributed by atoms with Gasteiger partial charge in [0.05, 0.1) is 19.4 Å². The zero-order chi connectivity index (χ0) is 23.7. The Bertz CT molecular complexity index is 733. The van der Waals surface area contributed by atoms with E-state index in [1.54, 1.807) is 20.1 Å². The smallest absolute Gasteiger partial charge is 0.163 e. The minimum atomic E-state index is -1.20. The molecule has 0 radical (unpaired) electrons. The number of carbonyl (C=O) groups is 1. The topological polar surface area (TPSA) is 74.7 Å². The third-order valence-electron chi connectivity index (χ3n) is 5.53. The first-order chi connectivity index (χ1) is 15.2. The highest BCUT2D eigenvalue weighted by Crippen LogP contribution is 2.36. The van der Waals surface area contributed by atoms with Crippen molar-refractivity contribution in [3.8, 4) is 11.5 Å². The SMILES string of the molecule is COc1cc(C(C)=O)c(N(COCC[Si](C)(C)C)N2CCN(C)CC2)cc1OCCCO. The minimum Gasteiger partial charge on any atom is -0.493 e. The molecule has 1 N–H and O–H groups in total. The molecule has 1 heterocycles. The normalized spacial score (nSPS) is 15.6. The average molecular weight is 468 g/mol. The molecule has 0 aliphatic carbocycles. The van der Waals surface area contributed by atoms with E-state index in [1.807, 2.05) is 6.07 Å². The quantitative estimate of drug-likeness (QED) is 0.205. The maximum absolute atomic E-state index is 12.6. The predicted molar refractivity (Wildman–Crippen MR) is 131 cm³/mol. The van der Waals surface area contributed by atoms with Crippen molar-refractivity contribution < 1.29 is 24.1 Å². The summed E-state index contributed by atoms with van der Waals surface area (Å²) in [5.74, 6) is 1.03. The number of methoxy groups -OCH3 is 1. The first kappa shape index (κ1) is 26.6. The van der Waals surface area contributed by atoms with Gasteiger partial charge in [0.15, 0.2) is 17.3 Å². The summed E-state index contributed by atoms with van der Waals surface area (Å²) in [6, 6.07) is 4.70. The number of ether oxygens (including phenoxy) is 3. The molecular formula is C23H41N3O5Si. The highest BCUT2D eigenvalue weighted by atomic mass is 28.3. The second-order valence-electron chi connectivity index (χ2n) is 9.51. The Morgan fingerprint density at radius 1 is 1.12 bits per heavy atom. The molecule has 1 saturated heterocycles. The van der Waals surface area contributed by atoms with Gasteiger partial charge < -0.3 is 24.2 Å². The van der Waals surface area contributed by atoms with Gasteiger partial charge >= 0.3 is 0 Å². The monoisotopic (exact) mass is 467 g/mol. The molecule has 1 aliphatic rings. The summed E-state index contributed by atoms with van der Waals surface area (Å²) in [5, 5.41) is 13.4. The van der Waals surface area contributed by atoms with Crippen LogP contribution in [0.2, 0.25) is 25.7 Å². The number of rotatable bonds is 13. The number of piperazine rings is 1. The lowest BCUT2D eigenvalue weighted by molar-refractivity contribution is 0.0696. The summed E-state index contributed by atoms with van der Waals surface area (Å²) in [7, 11) is 2.48. The second kappa shape index (κ2) is 12.6. The van der Waals surface area contributed by atoms with Crippen LogP contribution >= 0.6 is 0 Å². The highest BCUT2D eigenvalue weighted by Gasteiger charge is 2.26. The van der Waals surface area contributed by atoms with E-state index < -0.39 is 8.07 Å². The van der Waals surface area contributed by atoms with E-state index in [-0.39, 0.29) is 12.4 Å². The van der Waals surface area contributed by atoms with E-state index in [0.717, 1.165) is 37.9 Å². The van der Waals surface area contributed by atoms with Crippen LogP contribution in [0.4, 0.5) is 5.69 Å². The van der Waals surface area contributed by atoms with Crippen LogP contribution in [-0.4, -0.2) is 95.8 Å². The van der Waals surface area contributed by atoms with Crippen LogP contribution in [0.25, 0.3) is 0 Å². The average Bonchev–Trinajstić information content (AvgIpc) is 2.73. The maximum Gasteiger partial charge on any atom is 0.163 e. The number of aliphatic hydroxyl groups is 1. The van der Waals surface area contributed by atoms with Crippen LogP contribution in [0.3, 0.4) is 0 Å². The molecule has 0 atom stereocenters. The standard InChI is InChI=1S/C23H41N3O5Si/c1-19(28)20-16-22(29-3)23(31-13-7-12-27)17-21(20)26(18-30-14-15-32(4,5)6)25-10-8-24(2)9-11-25/h16-17,27H,7-15,18H2,1-6H3. The lowest BCUT2D eigenvalue weighted by atomic mass is 10.1. The summed E-state index contributed by atoms with van der Waals surface area (Å²) < 4.78 is 17.5. The molecule has 9 heteroatoms. The lowest BCUT2D eigenvalue weighted by Gasteiger charge is -2.41. The van der Waals surface area contributed by atoms with Crippen molar-refractivity contribution in [1.29, 1.82) is 0 Å². The molecule has 2 rings (SSSR count). The lowest BCUT2D eigenvalue weighted by Crippen LogP contribution is -2.54. The number of hydrogen-bond donors (Lipinski definition) is 1. The number of Topliss-reactive ketones (excluding diaryl/α,β-unsaturated/α-hetero) is 1. The van der Waals surface area contributed by atoms with Crippen LogP contribution in [0.15, 0.2) is 12.1 Å². The number of nitrogens with zero attached hydrogens (tertiary/aromatic N) is 3. The number of benzene rings is 1. The van der Waals surface area contributed by atoms with Gasteiger partial charge in [-0.2, -0.15) is 0 Å². The van der Waals surface area contributed by atoms with E-state index in [0.29, 0.717) is 43.4 Å². The van der Waals surface area contributed by atoms with Gasteiger partial charge in [-0.05, 0) is 26.1 Å². The molecular weight excluding hydrogens is 426 g/mol. The number of ketones is 1. The number of likely N-dealkylation sites (N-methyl/N-ethyl adjacent to an activating group) is 1. The van der Waals surface area contributed by atoms with Crippen molar-refractivity contribution in [2.75, 3.05) is 71.9 Å². The first-order valence-electron chi connectivity index (χ1n) is 11.4. The first-order valence-corrected chi connectivity index (χ1v) is 15.1. The molecule has 0 bridgehead atoms. The van der Waals surface area contributed by atoms with Crippen LogP contribution in [0, 0.1) is 0 Å². The Balaban J connectivity index is 2.36. The molecule has 0 amide bonds. The molecule has 0 unspecified atom stereocenters. The van der Waals surface area contributed by atoms with E-state index in [4.69, 9.17) is 19.3 Å². The largest absolute Gasteiger partial charge is 0.493 e. The zero-order valence-corrected chi connectivity index (χ0v) is 21.6. The van der Waals surface area contributed by atoms with Gasteiger partial charge in [0.1, 0.15) is 6.73 Å². The summed E-state index contributed by atoms with van der Waals surface area (Å²) in [4.78, 5) is 14.9. The Morgan fingerprint density at radius 3 is 2.38 bits per heavy atom. The number of anilines is 1. The van der Waals surface area contributed by atoms with Crippen LogP contribution < -0.4 is 14.5 Å². The van der Waals surface area contributed by atoms with Gasteiger partial charge in [0, 0.05) is 65.5 Å². The third kappa shape index (κ3) is 8.04. The van der Waals surface area contributed by atoms with Gasteiger partial charge in [-0.1, -0.05) is 19.6 Å². The van der Waals surface area contributed by atoms with E-state index in [1.165, 1.54) is 0 Å². The third-order valence-corrected chi connectivity index (χ3v) is 7.23. The van der Waals surface area contributed by atoms with Crippen LogP contribution in [-0.2, 0) is 4.74 Å². The van der Waals surface area contributed by atoms with Gasteiger partial charge in [0.25, 0.3) is 0 Å². The number of hydrazine groups is 1. The number of carbonyl (C=O) groups excluding carboxylic acids is 1. The molecule has 0 saturated carbocycles. The number of aliphatic hydroxyl groups excluding tert-OH is 1. The maximum atomic E-state index is 12.6. The van der Waals surface area contributed by atoms with E-state index >= 15 is 0 Å². The van der Waals surface area contributed by atoms with Crippen molar-refractivity contribution in [3.63, 3.8) is 0 Å². The highest BCUT2D eigenvalue weighted by molar-refractivity contribution is 6.76. The summed E-state index contributed by atoms with van der Waals surface area (Å²) >= 11 is 0. The fourth-order valence-electron chi connectivity index (χ4n) is 3.43. The molecule has 1 aliphatic heterocycles. The van der Waals surface area contributed by atoms with Crippen molar-refractivity contribution in [1.82, 2.24) is 9.91 Å². The fourth-order valence-corrected chi connectivity index (χ4v) is 4.19. The van der Waals surface area contributed by atoms with Crippen molar-refractivity contribution in [2.24, 2.45) is 0 Å². The molecule has 8 nitrogen and oxygen atoms in total. The Morgan fingerprint density at radius 2 is 1.81 bits per heavy atom. The summed E-state index contributed by atoms with van der Waals surface area (Å²) in [6.45, 7) is 13.6. The Kier molecular flexibility index (Phi) is 10.4. The Hall–Kier alpha value is -1.65. The molecule has 1 fully saturated rings. The Labute approximate surface area is 194 Å². The van der Waals surface area contributed by atoms with Crippen molar-refractivity contribution in [2.45, 2.75) is 39.0 Å². The molecule has 0 spiro atoms. The molecule has 182 valence electrons. The molecule has 1 aromatic rings. The predicted octanol–water partition coefficient (Wildman–Crippen LogP) is 2.94. The second-order valence-corrected chi connectivity index (χ2v) is 15.1. The van der Waals surface area contributed by atoms with Gasteiger partial charge in [-0.3, -0.25) is 9.80 Å². The summed E-state index contributed by atoms with van der Waals surface area (Å²) in [5.41, 5.74) is 1.33. The minimum absolute atomic E-state index is 0.0403. The summed E-state index contributed by atoms with van der Waals surface area (Å²) in [6.07, 6.45) is 0.523. The van der Waals surface area contributed by atoms with Gasteiger partial charge in [0.2, 0.25) is 0 Å². The van der Waals surface area contributed by atoms with Gasteiger partial charge in [-0.15, -0.1) is 0 Å². The van der Waals surface area contributed by atoms with Crippen LogP contribution in [0.1, 0.15) is 23.7 Å². The van der Waals surface area contributed by atoms with Gasteiger partial charge in [-0.25, -0.2) is 5.01 Å². The fraction of sp³-hybridized carbons (Fsp3) is 0.696. The van der Waals surface area contributed by atoms with Crippen molar-refractivity contribution >= 4 is 19.5 Å². The van der Waals surface area contributed by atoms with E-state index in [2.05, 4.69) is 41.6 Å². The van der Waals surface area contributed by atoms with Crippen LogP contribution in [0.5, 0.6) is 11.5 Å².